The monoisotopic (exact) mass is 544 g/mol. The molecule has 43 heavy (non-hydrogen) atoms. The molecule has 0 bridgehead atoms. The first-order valence-corrected chi connectivity index (χ1v) is 15.0. The van der Waals surface area contributed by atoms with E-state index in [2.05, 4.69) is 161 Å². The van der Waals surface area contributed by atoms with Gasteiger partial charge in [-0.3, -0.25) is 0 Å². The summed E-state index contributed by atoms with van der Waals surface area (Å²) < 4.78 is 2.61. The van der Waals surface area contributed by atoms with Crippen LogP contribution in [0.2, 0.25) is 0 Å². The minimum Gasteiger partial charge on any atom is -0.375 e. The smallest absolute Gasteiger partial charge is 0.333 e. The molecule has 0 spiro atoms. The van der Waals surface area contributed by atoms with Gasteiger partial charge in [-0.2, -0.15) is 0 Å². The largest absolute Gasteiger partial charge is 0.375 e. The number of anilines is 3. The molecule has 1 aromatic heterocycles. The highest BCUT2D eigenvalue weighted by Crippen LogP contribution is 2.48. The summed E-state index contributed by atoms with van der Waals surface area (Å²) in [6.45, 7) is 0.0802. The highest BCUT2D eigenvalue weighted by molar-refractivity contribution is 6.90. The molecule has 0 saturated carbocycles. The number of para-hydroxylation sites is 3. The van der Waals surface area contributed by atoms with Gasteiger partial charge in [0.2, 0.25) is 0 Å². The molecule has 0 fully saturated rings. The Hall–Kier alpha value is -5.54. The van der Waals surface area contributed by atoms with E-state index in [4.69, 9.17) is 0 Å². The molecule has 0 saturated heterocycles. The summed E-state index contributed by atoms with van der Waals surface area (Å²) in [4.78, 5) is 2.52. The molecule has 8 aromatic rings. The summed E-state index contributed by atoms with van der Waals surface area (Å²) in [5.41, 5.74) is 14.1. The maximum atomic E-state index is 2.61. The quantitative estimate of drug-likeness (QED) is 0.197. The summed E-state index contributed by atoms with van der Waals surface area (Å²) >= 11 is 0. The van der Waals surface area contributed by atoms with Crippen LogP contribution in [0.15, 0.2) is 152 Å². The van der Waals surface area contributed by atoms with Crippen molar-refractivity contribution in [3.8, 4) is 22.3 Å². The molecule has 198 valence electrons. The zero-order chi connectivity index (χ0) is 28.1. The molecular weight excluding hydrogens is 519 g/mol. The highest BCUT2D eigenvalue weighted by atomic mass is 15.2. The summed E-state index contributed by atoms with van der Waals surface area (Å²) in [5, 5.41) is 5.15. The van der Waals surface area contributed by atoms with Gasteiger partial charge in [0.05, 0.1) is 5.69 Å². The Morgan fingerprint density at radius 1 is 0.442 bits per heavy atom. The summed E-state index contributed by atoms with van der Waals surface area (Å²) in [7, 11) is 0. The lowest BCUT2D eigenvalue weighted by Crippen LogP contribution is -2.56. The number of hydrogen-bond acceptors (Lipinski definition) is 1. The van der Waals surface area contributed by atoms with Crippen molar-refractivity contribution < 1.29 is 0 Å². The van der Waals surface area contributed by atoms with E-state index in [1.54, 1.807) is 0 Å². The van der Waals surface area contributed by atoms with Gasteiger partial charge in [-0.1, -0.05) is 127 Å². The van der Waals surface area contributed by atoms with E-state index in [9.17, 15) is 0 Å². The van der Waals surface area contributed by atoms with Crippen molar-refractivity contribution in [2.75, 3.05) is 4.90 Å². The second kappa shape index (κ2) is 8.50. The van der Waals surface area contributed by atoms with Crippen LogP contribution < -0.4 is 15.8 Å². The van der Waals surface area contributed by atoms with Crippen LogP contribution in [-0.2, 0) is 0 Å². The van der Waals surface area contributed by atoms with Gasteiger partial charge in [0.15, 0.2) is 0 Å². The summed E-state index contributed by atoms with van der Waals surface area (Å²) in [6, 6.07) is 55.9. The molecule has 10 rings (SSSR count). The lowest BCUT2D eigenvalue weighted by Gasteiger charge is -2.41. The SMILES string of the molecule is c1ccc(-c2c(N3c4ccccc4B4c5c(cccc53)-c3cccc5c6ccccc6n4c35)ccc3ccccc23)cc1. The predicted octanol–water partition coefficient (Wildman–Crippen LogP) is 9.03. The van der Waals surface area contributed by atoms with Crippen LogP contribution in [0.4, 0.5) is 17.1 Å². The first kappa shape index (κ1) is 23.1. The van der Waals surface area contributed by atoms with Gasteiger partial charge in [0, 0.05) is 44.3 Å². The molecule has 3 heteroatoms. The molecule has 0 unspecified atom stereocenters. The van der Waals surface area contributed by atoms with Gasteiger partial charge in [0.25, 0.3) is 0 Å². The maximum absolute atomic E-state index is 2.61. The minimum atomic E-state index is 0.0802. The maximum Gasteiger partial charge on any atom is 0.333 e. The average Bonchev–Trinajstić information content (AvgIpc) is 3.41. The molecule has 0 radical (unpaired) electrons. The molecule has 2 nitrogen and oxygen atoms in total. The van der Waals surface area contributed by atoms with E-state index in [1.165, 1.54) is 82.8 Å². The fraction of sp³-hybridized carbons (Fsp3) is 0. The van der Waals surface area contributed by atoms with Gasteiger partial charge in [0.1, 0.15) is 0 Å². The summed E-state index contributed by atoms with van der Waals surface area (Å²) in [5.74, 6) is 0. The molecule has 2 aliphatic heterocycles. The Kier molecular flexibility index (Phi) is 4.56. The molecule has 2 aliphatic rings. The van der Waals surface area contributed by atoms with Crippen molar-refractivity contribution in [1.29, 1.82) is 0 Å². The number of rotatable bonds is 2. The van der Waals surface area contributed by atoms with Crippen LogP contribution in [0.1, 0.15) is 0 Å². The number of hydrogen-bond donors (Lipinski definition) is 0. The molecule has 7 aromatic carbocycles. The van der Waals surface area contributed by atoms with Gasteiger partial charge in [-0.05, 0) is 57.1 Å². The topological polar surface area (TPSA) is 8.17 Å². The van der Waals surface area contributed by atoms with Gasteiger partial charge in [-0.15, -0.1) is 0 Å². The second-order valence-corrected chi connectivity index (χ2v) is 11.7. The van der Waals surface area contributed by atoms with Crippen molar-refractivity contribution in [1.82, 2.24) is 4.48 Å². The Morgan fingerprint density at radius 2 is 1.14 bits per heavy atom. The van der Waals surface area contributed by atoms with Crippen LogP contribution >= 0.6 is 0 Å². The van der Waals surface area contributed by atoms with E-state index in [1.807, 2.05) is 0 Å². The fourth-order valence-corrected chi connectivity index (χ4v) is 7.90. The Morgan fingerprint density at radius 3 is 2.07 bits per heavy atom. The lowest BCUT2D eigenvalue weighted by molar-refractivity contribution is 1.26. The van der Waals surface area contributed by atoms with Gasteiger partial charge in [-0.25, -0.2) is 0 Å². The Labute approximate surface area is 250 Å². The number of nitrogens with zero attached hydrogens (tertiary/aromatic N) is 2. The van der Waals surface area contributed by atoms with Crippen molar-refractivity contribution in [3.05, 3.63) is 152 Å². The first-order valence-electron chi connectivity index (χ1n) is 15.0. The number of benzene rings is 7. The van der Waals surface area contributed by atoms with Gasteiger partial charge < -0.3 is 9.38 Å². The molecule has 0 N–H and O–H groups in total. The van der Waals surface area contributed by atoms with E-state index in [0.717, 1.165) is 0 Å². The number of fused-ring (bicyclic) bond motifs is 8. The Balaban J connectivity index is 1.35. The normalized spacial score (nSPS) is 13.0. The van der Waals surface area contributed by atoms with E-state index >= 15 is 0 Å². The van der Waals surface area contributed by atoms with Crippen LogP contribution in [-0.4, -0.2) is 11.3 Å². The van der Waals surface area contributed by atoms with Crippen LogP contribution in [0.3, 0.4) is 0 Å². The second-order valence-electron chi connectivity index (χ2n) is 11.7. The highest BCUT2D eigenvalue weighted by Gasteiger charge is 2.42. The Bertz CT molecular complexity index is 2420. The van der Waals surface area contributed by atoms with E-state index in [-0.39, 0.29) is 6.85 Å². The first-order chi connectivity index (χ1) is 21.4. The molecule has 0 atom stereocenters. The van der Waals surface area contributed by atoms with Crippen molar-refractivity contribution >= 4 is 67.4 Å². The minimum absolute atomic E-state index is 0.0802. The summed E-state index contributed by atoms with van der Waals surface area (Å²) in [6.07, 6.45) is 0. The molecule has 0 aliphatic carbocycles. The average molecular weight is 544 g/mol. The zero-order valence-electron chi connectivity index (χ0n) is 23.4. The third kappa shape index (κ3) is 2.98. The van der Waals surface area contributed by atoms with Crippen LogP contribution in [0.5, 0.6) is 0 Å². The molecular formula is C40H25BN2. The van der Waals surface area contributed by atoms with Crippen LogP contribution in [0.25, 0.3) is 54.8 Å². The van der Waals surface area contributed by atoms with Crippen molar-refractivity contribution in [2.24, 2.45) is 0 Å². The van der Waals surface area contributed by atoms with Gasteiger partial charge >= 0.3 is 6.85 Å². The van der Waals surface area contributed by atoms with E-state index in [0.29, 0.717) is 0 Å². The van der Waals surface area contributed by atoms with Crippen molar-refractivity contribution in [3.63, 3.8) is 0 Å². The lowest BCUT2D eigenvalue weighted by atomic mass is 9.45. The fourth-order valence-electron chi connectivity index (χ4n) is 7.90. The standard InChI is InChI=1S/C40H25BN2/c1-2-13-27(14-3-1)38-28-15-5-4-12-26(28)24-25-36(38)42-35-22-9-7-20-33(35)41-39-30(17-11-23-37(39)42)32-19-10-18-31-29-16-6-8-21-34(29)43(41)40(31)32/h1-25H. The predicted molar refractivity (Wildman–Crippen MR) is 183 cm³/mol. The van der Waals surface area contributed by atoms with E-state index < -0.39 is 0 Å². The number of aromatic nitrogens is 1. The third-order valence-electron chi connectivity index (χ3n) is 9.56. The molecule has 0 amide bonds. The zero-order valence-corrected chi connectivity index (χ0v) is 23.4. The third-order valence-corrected chi connectivity index (χ3v) is 9.56. The molecule has 3 heterocycles. The van der Waals surface area contributed by atoms with Crippen molar-refractivity contribution in [2.45, 2.75) is 0 Å². The van der Waals surface area contributed by atoms with Crippen LogP contribution in [0, 0.1) is 0 Å².